The molecule has 1 heterocycles. The molecule has 2 rings (SSSR count). The van der Waals surface area contributed by atoms with Crippen LogP contribution in [-0.2, 0) is 6.54 Å². The second kappa shape index (κ2) is 6.59. The summed E-state index contributed by atoms with van der Waals surface area (Å²) >= 11 is 0. The molecule has 0 aromatic heterocycles. The Morgan fingerprint density at radius 1 is 1.30 bits per heavy atom. The van der Waals surface area contributed by atoms with Crippen LogP contribution in [0.3, 0.4) is 0 Å². The molecule has 0 saturated carbocycles. The van der Waals surface area contributed by atoms with Gasteiger partial charge in [-0.1, -0.05) is 31.2 Å². The van der Waals surface area contributed by atoms with Crippen molar-refractivity contribution in [1.82, 2.24) is 10.2 Å². The van der Waals surface area contributed by atoms with Gasteiger partial charge in [-0.3, -0.25) is 4.90 Å². The number of nitrogens with one attached hydrogen (secondary N) is 1. The van der Waals surface area contributed by atoms with Gasteiger partial charge in [0.15, 0.2) is 0 Å². The van der Waals surface area contributed by atoms with Gasteiger partial charge in [0.05, 0.1) is 6.54 Å². The second-order valence-corrected chi connectivity index (χ2v) is 5.38. The largest absolute Gasteiger partial charge is 0.401 e. The third-order valence-electron chi connectivity index (χ3n) is 3.62. The molecule has 112 valence electrons. The zero-order chi connectivity index (χ0) is 14.6. The normalized spacial score (nSPS) is 19.1. The third-order valence-corrected chi connectivity index (χ3v) is 3.62. The molecule has 1 atom stereocenters. The molecule has 0 saturated heterocycles. The maximum absolute atomic E-state index is 12.6. The fourth-order valence-corrected chi connectivity index (χ4v) is 2.86. The molecule has 2 nitrogen and oxygen atoms in total. The molecule has 0 spiro atoms. The first-order valence-corrected chi connectivity index (χ1v) is 7.07. The first-order chi connectivity index (χ1) is 9.49. The summed E-state index contributed by atoms with van der Waals surface area (Å²) in [6, 6.07) is 8.02. The summed E-state index contributed by atoms with van der Waals surface area (Å²) in [5.74, 6) is 0.133. The van der Waals surface area contributed by atoms with Crippen molar-refractivity contribution in [3.8, 4) is 0 Å². The summed E-state index contributed by atoms with van der Waals surface area (Å²) in [5, 5.41) is 3.29. The number of hydrogen-bond donors (Lipinski definition) is 1. The van der Waals surface area contributed by atoms with Crippen molar-refractivity contribution in [2.45, 2.75) is 32.0 Å². The molecule has 1 aliphatic heterocycles. The van der Waals surface area contributed by atoms with Gasteiger partial charge in [-0.15, -0.1) is 0 Å². The molecule has 1 N–H and O–H groups in total. The first-order valence-electron chi connectivity index (χ1n) is 7.07. The van der Waals surface area contributed by atoms with Gasteiger partial charge < -0.3 is 5.32 Å². The van der Waals surface area contributed by atoms with Gasteiger partial charge >= 0.3 is 6.18 Å². The van der Waals surface area contributed by atoms with Crippen molar-refractivity contribution >= 4 is 0 Å². The average molecular weight is 286 g/mol. The van der Waals surface area contributed by atoms with Crippen molar-refractivity contribution in [2.24, 2.45) is 0 Å². The molecule has 0 radical (unpaired) electrons. The van der Waals surface area contributed by atoms with Crippen LogP contribution in [0.5, 0.6) is 0 Å². The summed E-state index contributed by atoms with van der Waals surface area (Å²) in [5.41, 5.74) is 2.39. The lowest BCUT2D eigenvalue weighted by molar-refractivity contribution is -0.146. The van der Waals surface area contributed by atoms with E-state index in [0.717, 1.165) is 19.5 Å². The number of halogens is 3. The molecular weight excluding hydrogens is 265 g/mol. The summed E-state index contributed by atoms with van der Waals surface area (Å²) in [6.07, 6.45) is -3.39. The SMILES string of the molecule is CCCN(CC1CNCc2ccccc21)CC(F)(F)F. The van der Waals surface area contributed by atoms with Gasteiger partial charge in [-0.2, -0.15) is 13.2 Å². The monoisotopic (exact) mass is 286 g/mol. The van der Waals surface area contributed by atoms with Gasteiger partial charge in [0.2, 0.25) is 0 Å². The quantitative estimate of drug-likeness (QED) is 0.894. The number of fused-ring (bicyclic) bond motifs is 1. The maximum atomic E-state index is 12.6. The minimum absolute atomic E-state index is 0.133. The van der Waals surface area contributed by atoms with Crippen molar-refractivity contribution in [3.63, 3.8) is 0 Å². The van der Waals surface area contributed by atoms with Crippen LogP contribution in [0.1, 0.15) is 30.4 Å². The van der Waals surface area contributed by atoms with E-state index in [-0.39, 0.29) is 5.92 Å². The third kappa shape index (κ3) is 4.21. The predicted octanol–water partition coefficient (Wildman–Crippen LogP) is 3.15. The molecule has 1 unspecified atom stereocenters. The van der Waals surface area contributed by atoms with Crippen LogP contribution in [-0.4, -0.2) is 37.3 Å². The Morgan fingerprint density at radius 3 is 2.75 bits per heavy atom. The average Bonchev–Trinajstić information content (AvgIpc) is 2.37. The summed E-state index contributed by atoms with van der Waals surface area (Å²) in [4.78, 5) is 1.52. The fraction of sp³-hybridized carbons (Fsp3) is 0.600. The maximum Gasteiger partial charge on any atom is 0.401 e. The number of rotatable bonds is 5. The number of benzene rings is 1. The van der Waals surface area contributed by atoms with E-state index in [1.54, 1.807) is 0 Å². The smallest absolute Gasteiger partial charge is 0.312 e. The highest BCUT2D eigenvalue weighted by Gasteiger charge is 2.32. The van der Waals surface area contributed by atoms with Crippen LogP contribution in [0.4, 0.5) is 13.2 Å². The van der Waals surface area contributed by atoms with E-state index >= 15 is 0 Å². The molecule has 0 fully saturated rings. The standard InChI is InChI=1S/C15H21F3N2/c1-2-7-20(11-15(16,17)18)10-13-9-19-8-12-5-3-4-6-14(12)13/h3-6,13,19H,2,7-11H2,1H3. The van der Waals surface area contributed by atoms with Gasteiger partial charge in [-0.25, -0.2) is 0 Å². The predicted molar refractivity (Wildman–Crippen MR) is 73.7 cm³/mol. The van der Waals surface area contributed by atoms with Gasteiger partial charge in [0, 0.05) is 25.6 Å². The van der Waals surface area contributed by atoms with E-state index in [0.29, 0.717) is 13.1 Å². The molecule has 0 aliphatic carbocycles. The number of hydrogen-bond acceptors (Lipinski definition) is 2. The summed E-state index contributed by atoms with van der Waals surface area (Å²) in [7, 11) is 0. The molecule has 0 amide bonds. The van der Waals surface area contributed by atoms with E-state index in [1.165, 1.54) is 16.0 Å². The lowest BCUT2D eigenvalue weighted by Gasteiger charge is -2.32. The summed E-state index contributed by atoms with van der Waals surface area (Å²) in [6.45, 7) is 3.58. The second-order valence-electron chi connectivity index (χ2n) is 5.38. The zero-order valence-corrected chi connectivity index (χ0v) is 11.7. The van der Waals surface area contributed by atoms with Gasteiger partial charge in [0.25, 0.3) is 0 Å². The van der Waals surface area contributed by atoms with Gasteiger partial charge in [0.1, 0.15) is 0 Å². The summed E-state index contributed by atoms with van der Waals surface area (Å²) < 4.78 is 37.9. The minimum Gasteiger partial charge on any atom is -0.312 e. The highest BCUT2D eigenvalue weighted by atomic mass is 19.4. The van der Waals surface area contributed by atoms with Crippen molar-refractivity contribution in [1.29, 1.82) is 0 Å². The van der Waals surface area contributed by atoms with Crippen LogP contribution >= 0.6 is 0 Å². The van der Waals surface area contributed by atoms with Crippen LogP contribution in [0.15, 0.2) is 24.3 Å². The number of nitrogens with zero attached hydrogens (tertiary/aromatic N) is 1. The molecule has 20 heavy (non-hydrogen) atoms. The molecule has 1 aromatic rings. The van der Waals surface area contributed by atoms with Crippen molar-refractivity contribution in [3.05, 3.63) is 35.4 Å². The molecule has 1 aromatic carbocycles. The highest BCUT2D eigenvalue weighted by molar-refractivity contribution is 5.32. The highest BCUT2D eigenvalue weighted by Crippen LogP contribution is 2.26. The molecule has 1 aliphatic rings. The van der Waals surface area contributed by atoms with E-state index < -0.39 is 12.7 Å². The molecular formula is C15H21F3N2. The van der Waals surface area contributed by atoms with E-state index in [1.807, 2.05) is 31.2 Å². The minimum atomic E-state index is -4.13. The fourth-order valence-electron chi connectivity index (χ4n) is 2.86. The van der Waals surface area contributed by atoms with Crippen LogP contribution in [0.2, 0.25) is 0 Å². The Hall–Kier alpha value is -1.07. The van der Waals surface area contributed by atoms with E-state index in [9.17, 15) is 13.2 Å². The Balaban J connectivity index is 2.07. The lowest BCUT2D eigenvalue weighted by atomic mass is 9.90. The van der Waals surface area contributed by atoms with Crippen molar-refractivity contribution < 1.29 is 13.2 Å². The van der Waals surface area contributed by atoms with E-state index in [4.69, 9.17) is 0 Å². The van der Waals surface area contributed by atoms with Crippen LogP contribution in [0, 0.1) is 0 Å². The lowest BCUT2D eigenvalue weighted by Crippen LogP contribution is -2.41. The zero-order valence-electron chi connectivity index (χ0n) is 11.7. The Kier molecular flexibility index (Phi) is 5.05. The van der Waals surface area contributed by atoms with Crippen LogP contribution < -0.4 is 5.32 Å². The Labute approximate surface area is 118 Å². The number of alkyl halides is 3. The van der Waals surface area contributed by atoms with E-state index in [2.05, 4.69) is 5.32 Å². The first kappa shape index (κ1) is 15.3. The van der Waals surface area contributed by atoms with Crippen molar-refractivity contribution in [2.75, 3.05) is 26.2 Å². The molecule has 0 bridgehead atoms. The molecule has 5 heteroatoms. The van der Waals surface area contributed by atoms with Crippen LogP contribution in [0.25, 0.3) is 0 Å². The Bertz CT molecular complexity index is 431. The Morgan fingerprint density at radius 2 is 2.05 bits per heavy atom. The van der Waals surface area contributed by atoms with Gasteiger partial charge in [-0.05, 0) is 24.1 Å². The topological polar surface area (TPSA) is 15.3 Å².